The maximum absolute atomic E-state index is 12.6. The number of amides is 1. The highest BCUT2D eigenvalue weighted by Crippen LogP contribution is 2.41. The summed E-state index contributed by atoms with van der Waals surface area (Å²) in [5.74, 6) is 1.61. The second kappa shape index (κ2) is 12.2. The number of nitrogens with zero attached hydrogens (tertiary/aromatic N) is 1. The number of carbonyl (C=O) groups excluding carboxylic acids is 1. The first-order valence-electron chi connectivity index (χ1n) is 11.8. The van der Waals surface area contributed by atoms with Crippen molar-refractivity contribution in [1.29, 1.82) is 0 Å². The van der Waals surface area contributed by atoms with Crippen molar-refractivity contribution in [3.05, 3.63) is 108 Å². The predicted molar refractivity (Wildman–Crippen MR) is 140 cm³/mol. The van der Waals surface area contributed by atoms with Gasteiger partial charge in [-0.05, 0) is 54.3 Å². The summed E-state index contributed by atoms with van der Waals surface area (Å²) in [5.41, 5.74) is 2.01. The van der Waals surface area contributed by atoms with Crippen LogP contribution in [0.4, 0.5) is 0 Å². The second-order valence-corrected chi connectivity index (χ2v) is 8.50. The quantitative estimate of drug-likeness (QED) is 0.245. The van der Waals surface area contributed by atoms with E-state index in [0.717, 1.165) is 28.2 Å². The average Bonchev–Trinajstić information content (AvgIpc) is 2.92. The van der Waals surface area contributed by atoms with Crippen molar-refractivity contribution in [2.75, 3.05) is 27.9 Å². The van der Waals surface area contributed by atoms with Gasteiger partial charge in [-0.25, -0.2) is 0 Å². The van der Waals surface area contributed by atoms with Crippen LogP contribution in [0, 0.1) is 0 Å². The smallest absolute Gasteiger partial charge is 0.222 e. The lowest BCUT2D eigenvalue weighted by Crippen LogP contribution is -2.42. The minimum atomic E-state index is -0.904. The topological polar surface area (TPSA) is 48.0 Å². The molecule has 35 heavy (non-hydrogen) atoms. The van der Waals surface area contributed by atoms with Crippen LogP contribution in [0.25, 0.3) is 0 Å². The van der Waals surface area contributed by atoms with Gasteiger partial charge in [-0.2, -0.15) is 0 Å². The van der Waals surface area contributed by atoms with Gasteiger partial charge < -0.3 is 19.1 Å². The van der Waals surface area contributed by atoms with Crippen LogP contribution >= 0.6 is 0 Å². The molecular weight excluding hydrogens is 438 g/mol. The number of benzene rings is 3. The molecule has 3 aromatic rings. The summed E-state index contributed by atoms with van der Waals surface area (Å²) in [7, 11) is 5.13. The third-order valence-electron chi connectivity index (χ3n) is 6.33. The molecule has 0 N–H and O–H groups in total. The SMILES string of the molecule is C=CCCC(=O)N(C)C(C)COC(c1ccccc1)(c1ccc(OC)cc1)c1ccc(OC)cc1. The molecular formula is C30H35NO4. The zero-order chi connectivity index (χ0) is 25.3. The maximum atomic E-state index is 12.6. The van der Waals surface area contributed by atoms with E-state index in [1.54, 1.807) is 25.2 Å². The van der Waals surface area contributed by atoms with E-state index < -0.39 is 5.60 Å². The molecule has 0 aliphatic carbocycles. The summed E-state index contributed by atoms with van der Waals surface area (Å²) in [6.07, 6.45) is 2.86. The number of methoxy groups -OCH3 is 2. The molecule has 0 aromatic heterocycles. The van der Waals surface area contributed by atoms with Crippen molar-refractivity contribution in [1.82, 2.24) is 4.90 Å². The molecule has 5 nitrogen and oxygen atoms in total. The Morgan fingerprint density at radius 2 is 1.37 bits per heavy atom. The molecule has 1 amide bonds. The normalized spacial score (nSPS) is 12.0. The third kappa shape index (κ3) is 5.92. The Balaban J connectivity index is 2.08. The highest BCUT2D eigenvalue weighted by molar-refractivity contribution is 5.76. The van der Waals surface area contributed by atoms with Crippen LogP contribution in [-0.2, 0) is 15.1 Å². The minimum Gasteiger partial charge on any atom is -0.497 e. The van der Waals surface area contributed by atoms with Gasteiger partial charge in [0.2, 0.25) is 5.91 Å². The van der Waals surface area contributed by atoms with Crippen LogP contribution in [0.2, 0.25) is 0 Å². The lowest BCUT2D eigenvalue weighted by Gasteiger charge is -2.38. The summed E-state index contributed by atoms with van der Waals surface area (Å²) >= 11 is 0. The third-order valence-corrected chi connectivity index (χ3v) is 6.33. The number of carbonyl (C=O) groups is 1. The molecule has 0 saturated heterocycles. The van der Waals surface area contributed by atoms with E-state index in [2.05, 4.69) is 18.7 Å². The largest absolute Gasteiger partial charge is 0.497 e. The number of allylic oxidation sites excluding steroid dienone is 1. The highest BCUT2D eigenvalue weighted by atomic mass is 16.5. The van der Waals surface area contributed by atoms with Gasteiger partial charge in [0.05, 0.1) is 26.9 Å². The molecule has 0 aliphatic rings. The van der Waals surface area contributed by atoms with Crippen molar-refractivity contribution in [2.24, 2.45) is 0 Å². The number of hydrogen-bond acceptors (Lipinski definition) is 4. The molecule has 184 valence electrons. The lowest BCUT2D eigenvalue weighted by molar-refractivity contribution is -0.133. The minimum absolute atomic E-state index is 0.0696. The van der Waals surface area contributed by atoms with E-state index in [0.29, 0.717) is 19.4 Å². The average molecular weight is 474 g/mol. The maximum Gasteiger partial charge on any atom is 0.222 e. The Bertz CT molecular complexity index is 1030. The van der Waals surface area contributed by atoms with Crippen LogP contribution in [-0.4, -0.2) is 44.7 Å². The molecule has 0 heterocycles. The van der Waals surface area contributed by atoms with Crippen molar-refractivity contribution in [3.63, 3.8) is 0 Å². The molecule has 0 saturated carbocycles. The Morgan fingerprint density at radius 1 is 0.886 bits per heavy atom. The first-order chi connectivity index (χ1) is 17.0. The van der Waals surface area contributed by atoms with E-state index in [9.17, 15) is 4.79 Å². The summed E-state index contributed by atoms with van der Waals surface area (Å²) in [6.45, 7) is 6.06. The summed E-state index contributed by atoms with van der Waals surface area (Å²) in [4.78, 5) is 14.4. The molecule has 3 rings (SSSR count). The number of ether oxygens (including phenoxy) is 3. The van der Waals surface area contributed by atoms with Crippen molar-refractivity contribution < 1.29 is 19.0 Å². The van der Waals surface area contributed by atoms with Crippen molar-refractivity contribution in [3.8, 4) is 11.5 Å². The Morgan fingerprint density at radius 3 is 1.83 bits per heavy atom. The van der Waals surface area contributed by atoms with E-state index in [4.69, 9.17) is 14.2 Å². The summed E-state index contributed by atoms with van der Waals surface area (Å²) < 4.78 is 17.7. The monoisotopic (exact) mass is 473 g/mol. The predicted octanol–water partition coefficient (Wildman–Crippen LogP) is 5.83. The van der Waals surface area contributed by atoms with Crippen molar-refractivity contribution >= 4 is 5.91 Å². The van der Waals surface area contributed by atoms with Gasteiger partial charge in [0, 0.05) is 13.5 Å². The Labute approximate surface area is 208 Å². The number of likely N-dealkylation sites (N-methyl/N-ethyl adjacent to an activating group) is 1. The zero-order valence-corrected chi connectivity index (χ0v) is 21.1. The molecule has 1 atom stereocenters. The van der Waals surface area contributed by atoms with E-state index in [-0.39, 0.29) is 11.9 Å². The first-order valence-corrected chi connectivity index (χ1v) is 11.8. The van der Waals surface area contributed by atoms with Gasteiger partial charge in [0.15, 0.2) is 0 Å². The number of hydrogen-bond donors (Lipinski definition) is 0. The molecule has 3 aromatic carbocycles. The summed E-state index contributed by atoms with van der Waals surface area (Å²) in [5, 5.41) is 0. The highest BCUT2D eigenvalue weighted by Gasteiger charge is 2.38. The van der Waals surface area contributed by atoms with E-state index >= 15 is 0 Å². The molecule has 5 heteroatoms. The van der Waals surface area contributed by atoms with Gasteiger partial charge in [-0.3, -0.25) is 4.79 Å². The van der Waals surface area contributed by atoms with Gasteiger partial charge >= 0.3 is 0 Å². The summed E-state index contributed by atoms with van der Waals surface area (Å²) in [6, 6.07) is 25.9. The molecule has 0 bridgehead atoms. The van der Waals surface area contributed by atoms with Crippen LogP contribution < -0.4 is 9.47 Å². The lowest BCUT2D eigenvalue weighted by atomic mass is 9.80. The van der Waals surface area contributed by atoms with Gasteiger partial charge in [0.25, 0.3) is 0 Å². The van der Waals surface area contributed by atoms with Crippen molar-refractivity contribution in [2.45, 2.75) is 31.4 Å². The fourth-order valence-electron chi connectivity index (χ4n) is 4.08. The van der Waals surface area contributed by atoms with Gasteiger partial charge in [-0.1, -0.05) is 60.7 Å². The molecule has 0 fully saturated rings. The Hall–Kier alpha value is -3.57. The van der Waals surface area contributed by atoms with Crippen LogP contribution in [0.1, 0.15) is 36.5 Å². The van der Waals surface area contributed by atoms with Gasteiger partial charge in [-0.15, -0.1) is 6.58 Å². The zero-order valence-electron chi connectivity index (χ0n) is 21.1. The molecule has 0 spiro atoms. The Kier molecular flexibility index (Phi) is 9.10. The standard InChI is InChI=1S/C30H35NO4/c1-6-7-13-29(32)31(3)23(2)22-35-30(24-11-9-8-10-12-24,25-14-18-27(33-4)19-15-25)26-16-20-28(34-5)21-17-26/h6,8-12,14-21,23H,1,7,13,22H2,2-5H3. The number of rotatable bonds is 12. The van der Waals surface area contributed by atoms with Gasteiger partial charge in [0.1, 0.15) is 17.1 Å². The van der Waals surface area contributed by atoms with E-state index in [1.807, 2.05) is 80.7 Å². The van der Waals surface area contributed by atoms with Crippen LogP contribution in [0.5, 0.6) is 11.5 Å². The fraction of sp³-hybridized carbons (Fsp3) is 0.300. The molecule has 0 aliphatic heterocycles. The first kappa shape index (κ1) is 26.0. The van der Waals surface area contributed by atoms with Crippen LogP contribution in [0.15, 0.2) is 91.5 Å². The second-order valence-electron chi connectivity index (χ2n) is 8.50. The van der Waals surface area contributed by atoms with E-state index in [1.165, 1.54) is 0 Å². The molecule has 0 radical (unpaired) electrons. The molecule has 1 unspecified atom stereocenters. The van der Waals surface area contributed by atoms with Crippen LogP contribution in [0.3, 0.4) is 0 Å². The fourth-order valence-corrected chi connectivity index (χ4v) is 4.08.